The summed E-state index contributed by atoms with van der Waals surface area (Å²) in [5, 5.41) is 3.27. The van der Waals surface area contributed by atoms with Gasteiger partial charge in [-0.15, -0.1) is 0 Å². The largest absolute Gasteiger partial charge is 0.420 e. The van der Waals surface area contributed by atoms with Gasteiger partial charge in [0.05, 0.1) is 0 Å². The maximum atomic E-state index is 13.2. The van der Waals surface area contributed by atoms with Crippen LogP contribution in [0.5, 0.6) is 0 Å². The van der Waals surface area contributed by atoms with Gasteiger partial charge in [-0.3, -0.25) is 0 Å². The quantitative estimate of drug-likeness (QED) is 0.559. The predicted octanol–water partition coefficient (Wildman–Crippen LogP) is 6.04. The van der Waals surface area contributed by atoms with Gasteiger partial charge >= 0.3 is 6.18 Å². The molecule has 3 rings (SSSR count). The molecule has 128 valence electrons. The number of hydrogen-bond donors (Lipinski definition) is 1. The van der Waals surface area contributed by atoms with Gasteiger partial charge < -0.3 is 5.32 Å². The first-order valence-electron chi connectivity index (χ1n) is 7.11. The van der Waals surface area contributed by atoms with E-state index in [4.69, 9.17) is 11.6 Å². The normalized spacial score (nSPS) is 11.4. The molecule has 0 aliphatic heterocycles. The summed E-state index contributed by atoms with van der Waals surface area (Å²) in [5.41, 5.74) is -0.247. The van der Waals surface area contributed by atoms with Gasteiger partial charge in [0.1, 0.15) is 10.6 Å². The maximum absolute atomic E-state index is 13.2. The molecule has 25 heavy (non-hydrogen) atoms. The van der Waals surface area contributed by atoms with Crippen LogP contribution in [0.1, 0.15) is 5.56 Å². The van der Waals surface area contributed by atoms with E-state index in [0.29, 0.717) is 15.6 Å². The van der Waals surface area contributed by atoms with E-state index < -0.39 is 11.7 Å². The lowest BCUT2D eigenvalue weighted by molar-refractivity contribution is -0.140. The molecule has 0 fully saturated rings. The highest BCUT2D eigenvalue weighted by atomic mass is 35.5. The third-order valence-electron chi connectivity index (χ3n) is 3.12. The first kappa shape index (κ1) is 17.6. The molecule has 0 radical (unpaired) electrons. The molecule has 3 nitrogen and oxygen atoms in total. The van der Waals surface area contributed by atoms with E-state index in [1.54, 1.807) is 54.6 Å². The van der Waals surface area contributed by atoms with Crippen LogP contribution >= 0.6 is 23.4 Å². The molecule has 2 aromatic carbocycles. The third-order valence-corrected chi connectivity index (χ3v) is 4.38. The van der Waals surface area contributed by atoms with Gasteiger partial charge in [0.2, 0.25) is 5.95 Å². The Balaban J connectivity index is 1.93. The first-order chi connectivity index (χ1) is 11.9. The summed E-state index contributed by atoms with van der Waals surface area (Å²) in [7, 11) is 0. The van der Waals surface area contributed by atoms with Crippen molar-refractivity contribution in [2.24, 2.45) is 0 Å². The minimum Gasteiger partial charge on any atom is -0.324 e. The van der Waals surface area contributed by atoms with Gasteiger partial charge in [-0.05, 0) is 36.4 Å². The van der Waals surface area contributed by atoms with E-state index in [1.165, 1.54) is 0 Å². The summed E-state index contributed by atoms with van der Waals surface area (Å²) in [4.78, 5) is 8.47. The van der Waals surface area contributed by atoms with Crippen molar-refractivity contribution in [3.63, 3.8) is 0 Å². The monoisotopic (exact) mass is 381 g/mol. The van der Waals surface area contributed by atoms with E-state index in [0.717, 1.165) is 18.0 Å². The molecule has 0 amide bonds. The van der Waals surface area contributed by atoms with Crippen molar-refractivity contribution < 1.29 is 13.2 Å². The number of hydrogen-bond acceptors (Lipinski definition) is 4. The Morgan fingerprint density at radius 1 is 0.960 bits per heavy atom. The van der Waals surface area contributed by atoms with Crippen LogP contribution in [0.3, 0.4) is 0 Å². The average molecular weight is 382 g/mol. The molecular weight excluding hydrogens is 371 g/mol. The SMILES string of the molecule is FC(F)(F)c1cnc(Nc2ccc(Cl)cc2)nc1Sc1ccccc1. The fraction of sp³-hybridized carbons (Fsp3) is 0.0588. The molecule has 0 saturated carbocycles. The van der Waals surface area contributed by atoms with E-state index >= 15 is 0 Å². The van der Waals surface area contributed by atoms with Crippen LogP contribution in [-0.4, -0.2) is 9.97 Å². The summed E-state index contributed by atoms with van der Waals surface area (Å²) in [6.07, 6.45) is -3.74. The zero-order chi connectivity index (χ0) is 17.9. The second-order valence-electron chi connectivity index (χ2n) is 4.96. The molecule has 0 unspecified atom stereocenters. The fourth-order valence-electron chi connectivity index (χ4n) is 1.96. The van der Waals surface area contributed by atoms with Crippen molar-refractivity contribution in [3.8, 4) is 0 Å². The Labute approximate surface area is 151 Å². The minimum atomic E-state index is -4.53. The number of anilines is 2. The highest BCUT2D eigenvalue weighted by molar-refractivity contribution is 7.99. The molecule has 0 aliphatic rings. The summed E-state index contributed by atoms with van der Waals surface area (Å²) >= 11 is 6.75. The molecule has 0 atom stereocenters. The van der Waals surface area contributed by atoms with Crippen LogP contribution in [0.2, 0.25) is 5.02 Å². The molecule has 1 aromatic heterocycles. The van der Waals surface area contributed by atoms with Crippen molar-refractivity contribution in [2.75, 3.05) is 5.32 Å². The maximum Gasteiger partial charge on any atom is 0.420 e. The highest BCUT2D eigenvalue weighted by Gasteiger charge is 2.35. The van der Waals surface area contributed by atoms with E-state index in [9.17, 15) is 13.2 Å². The summed E-state index contributed by atoms with van der Waals surface area (Å²) < 4.78 is 39.7. The Morgan fingerprint density at radius 3 is 2.28 bits per heavy atom. The van der Waals surface area contributed by atoms with Gasteiger partial charge in [-0.1, -0.05) is 41.6 Å². The lowest BCUT2D eigenvalue weighted by atomic mass is 10.3. The minimum absolute atomic E-state index is 0.0775. The highest BCUT2D eigenvalue weighted by Crippen LogP contribution is 2.38. The summed E-state index contributed by atoms with van der Waals surface area (Å²) in [6, 6.07) is 15.4. The number of nitrogens with zero attached hydrogens (tertiary/aromatic N) is 2. The van der Waals surface area contributed by atoms with E-state index in [1.807, 2.05) is 0 Å². The molecule has 8 heteroatoms. The molecule has 0 spiro atoms. The average Bonchev–Trinajstić information content (AvgIpc) is 2.57. The standard InChI is InChI=1S/C17H11ClF3N3S/c18-11-6-8-12(9-7-11)23-16-22-10-14(17(19,20)21)15(24-16)25-13-4-2-1-3-5-13/h1-10H,(H,22,23,24). The van der Waals surface area contributed by atoms with Crippen molar-refractivity contribution in [2.45, 2.75) is 16.1 Å². The second-order valence-corrected chi connectivity index (χ2v) is 6.46. The van der Waals surface area contributed by atoms with Crippen LogP contribution in [0.4, 0.5) is 24.8 Å². The molecular formula is C17H11ClF3N3S. The number of alkyl halides is 3. The Bertz CT molecular complexity index is 855. The number of halogens is 4. The fourth-order valence-corrected chi connectivity index (χ4v) is 3.01. The van der Waals surface area contributed by atoms with E-state index in [-0.39, 0.29) is 11.0 Å². The van der Waals surface area contributed by atoms with Gasteiger partial charge in [0, 0.05) is 21.8 Å². The first-order valence-corrected chi connectivity index (χ1v) is 8.31. The van der Waals surface area contributed by atoms with Crippen LogP contribution < -0.4 is 5.32 Å². The molecule has 0 aliphatic carbocycles. The Morgan fingerprint density at radius 2 is 1.64 bits per heavy atom. The van der Waals surface area contributed by atoms with Crippen LogP contribution in [0, 0.1) is 0 Å². The van der Waals surface area contributed by atoms with Crippen molar-refractivity contribution in [1.29, 1.82) is 0 Å². The Kier molecular flexibility index (Phi) is 5.15. The lowest BCUT2D eigenvalue weighted by Crippen LogP contribution is -2.10. The molecule has 0 bridgehead atoms. The van der Waals surface area contributed by atoms with Gasteiger partial charge in [-0.2, -0.15) is 13.2 Å². The Hall–Kier alpha value is -2.25. The smallest absolute Gasteiger partial charge is 0.324 e. The lowest BCUT2D eigenvalue weighted by Gasteiger charge is -2.13. The zero-order valence-electron chi connectivity index (χ0n) is 12.6. The van der Waals surface area contributed by atoms with Gasteiger partial charge in [0.15, 0.2) is 0 Å². The van der Waals surface area contributed by atoms with Crippen molar-refractivity contribution in [1.82, 2.24) is 9.97 Å². The van der Waals surface area contributed by atoms with Crippen LogP contribution in [0.15, 0.2) is 70.7 Å². The summed E-state index contributed by atoms with van der Waals surface area (Å²) in [5.74, 6) is 0.0775. The van der Waals surface area contributed by atoms with Crippen molar-refractivity contribution >= 4 is 35.0 Å². The van der Waals surface area contributed by atoms with Gasteiger partial charge in [-0.25, -0.2) is 9.97 Å². The van der Waals surface area contributed by atoms with E-state index in [2.05, 4.69) is 15.3 Å². The van der Waals surface area contributed by atoms with Gasteiger partial charge in [0.25, 0.3) is 0 Å². The number of benzene rings is 2. The topological polar surface area (TPSA) is 37.8 Å². The molecule has 0 saturated heterocycles. The molecule has 3 aromatic rings. The van der Waals surface area contributed by atoms with Crippen LogP contribution in [-0.2, 0) is 6.18 Å². The molecule has 1 N–H and O–H groups in total. The van der Waals surface area contributed by atoms with Crippen LogP contribution in [0.25, 0.3) is 0 Å². The second kappa shape index (κ2) is 7.33. The zero-order valence-corrected chi connectivity index (χ0v) is 14.2. The summed E-state index contributed by atoms with van der Waals surface area (Å²) in [6.45, 7) is 0. The number of nitrogens with one attached hydrogen (secondary N) is 1. The number of rotatable bonds is 4. The third kappa shape index (κ3) is 4.64. The van der Waals surface area contributed by atoms with Crippen molar-refractivity contribution in [3.05, 3.63) is 71.4 Å². The predicted molar refractivity (Wildman–Crippen MR) is 92.3 cm³/mol. The number of aromatic nitrogens is 2. The molecule has 1 heterocycles.